The second-order valence-electron chi connectivity index (χ2n) is 3.74. The lowest BCUT2D eigenvalue weighted by molar-refractivity contribution is -0.120. The van der Waals surface area contributed by atoms with Gasteiger partial charge in [0.15, 0.2) is 5.82 Å². The summed E-state index contributed by atoms with van der Waals surface area (Å²) in [7, 11) is 0. The maximum absolute atomic E-state index is 11.6. The van der Waals surface area contributed by atoms with Crippen molar-refractivity contribution in [3.63, 3.8) is 0 Å². The molecule has 2 rings (SSSR count). The standard InChI is InChI=1S/C9H10BrN3O/c1-9(2-3-9)8(14)13-7-5-11-6(10)4-12-7/h4-5H,2-3H2,1H3,(H,12,13,14). The lowest BCUT2D eigenvalue weighted by Crippen LogP contribution is -2.21. The number of rotatable bonds is 2. The number of hydrogen-bond donors (Lipinski definition) is 1. The number of nitrogens with one attached hydrogen (secondary N) is 1. The molecule has 1 fully saturated rings. The largest absolute Gasteiger partial charge is 0.309 e. The van der Waals surface area contributed by atoms with Gasteiger partial charge in [-0.05, 0) is 28.8 Å². The summed E-state index contributed by atoms with van der Waals surface area (Å²) >= 11 is 3.18. The van der Waals surface area contributed by atoms with E-state index in [-0.39, 0.29) is 11.3 Å². The van der Waals surface area contributed by atoms with E-state index in [1.165, 1.54) is 6.20 Å². The van der Waals surface area contributed by atoms with Gasteiger partial charge in [-0.1, -0.05) is 6.92 Å². The Morgan fingerprint density at radius 2 is 2.21 bits per heavy atom. The van der Waals surface area contributed by atoms with Crippen molar-refractivity contribution in [2.45, 2.75) is 19.8 Å². The smallest absolute Gasteiger partial charge is 0.231 e. The molecular formula is C9H10BrN3O. The van der Waals surface area contributed by atoms with Crippen molar-refractivity contribution >= 4 is 27.7 Å². The summed E-state index contributed by atoms with van der Waals surface area (Å²) in [6.07, 6.45) is 5.02. The molecule has 0 aromatic carbocycles. The maximum atomic E-state index is 11.6. The molecule has 1 amide bonds. The van der Waals surface area contributed by atoms with Gasteiger partial charge in [-0.25, -0.2) is 9.97 Å². The van der Waals surface area contributed by atoms with Gasteiger partial charge in [-0.2, -0.15) is 0 Å². The molecule has 1 aromatic heterocycles. The van der Waals surface area contributed by atoms with Crippen LogP contribution in [0.2, 0.25) is 0 Å². The van der Waals surface area contributed by atoms with Crippen LogP contribution in [-0.2, 0) is 4.79 Å². The molecule has 5 heteroatoms. The molecule has 1 aliphatic carbocycles. The first-order valence-electron chi connectivity index (χ1n) is 4.39. The molecule has 1 saturated carbocycles. The molecule has 4 nitrogen and oxygen atoms in total. The minimum Gasteiger partial charge on any atom is -0.309 e. The van der Waals surface area contributed by atoms with Gasteiger partial charge in [0.05, 0.1) is 12.4 Å². The van der Waals surface area contributed by atoms with Crippen LogP contribution < -0.4 is 5.32 Å². The molecule has 0 radical (unpaired) electrons. The van der Waals surface area contributed by atoms with Crippen molar-refractivity contribution in [1.29, 1.82) is 0 Å². The van der Waals surface area contributed by atoms with Crippen LogP contribution in [0.1, 0.15) is 19.8 Å². The van der Waals surface area contributed by atoms with Crippen molar-refractivity contribution < 1.29 is 4.79 Å². The van der Waals surface area contributed by atoms with Gasteiger partial charge in [0.1, 0.15) is 4.60 Å². The highest BCUT2D eigenvalue weighted by Gasteiger charge is 2.44. The van der Waals surface area contributed by atoms with Crippen LogP contribution in [-0.4, -0.2) is 15.9 Å². The van der Waals surface area contributed by atoms with Crippen LogP contribution in [0.3, 0.4) is 0 Å². The summed E-state index contributed by atoms with van der Waals surface area (Å²) in [5, 5.41) is 2.74. The average molecular weight is 256 g/mol. The summed E-state index contributed by atoms with van der Waals surface area (Å²) in [6, 6.07) is 0. The minimum absolute atomic E-state index is 0.0362. The third kappa shape index (κ3) is 1.92. The SMILES string of the molecule is CC1(C(=O)Nc2cnc(Br)cn2)CC1. The summed E-state index contributed by atoms with van der Waals surface area (Å²) in [5.74, 6) is 0.542. The number of carbonyl (C=O) groups is 1. The zero-order valence-corrected chi connectivity index (χ0v) is 9.34. The zero-order valence-electron chi connectivity index (χ0n) is 7.75. The van der Waals surface area contributed by atoms with E-state index in [1.807, 2.05) is 6.92 Å². The van der Waals surface area contributed by atoms with Crippen LogP contribution >= 0.6 is 15.9 Å². The van der Waals surface area contributed by atoms with Gasteiger partial charge in [0.25, 0.3) is 0 Å². The Bertz CT molecular complexity index is 359. The Kier molecular flexibility index (Phi) is 2.26. The van der Waals surface area contributed by atoms with Gasteiger partial charge in [-0.3, -0.25) is 4.79 Å². The Morgan fingerprint density at radius 1 is 1.50 bits per heavy atom. The normalized spacial score (nSPS) is 17.6. The summed E-state index contributed by atoms with van der Waals surface area (Å²) < 4.78 is 0.660. The molecule has 1 aromatic rings. The molecule has 74 valence electrons. The lowest BCUT2D eigenvalue weighted by atomic mass is 10.1. The van der Waals surface area contributed by atoms with Gasteiger partial charge < -0.3 is 5.32 Å². The number of hydrogen-bond acceptors (Lipinski definition) is 3. The fraction of sp³-hybridized carbons (Fsp3) is 0.444. The molecule has 0 aliphatic heterocycles. The van der Waals surface area contributed by atoms with Crippen LogP contribution in [0, 0.1) is 5.41 Å². The molecule has 0 spiro atoms. The number of anilines is 1. The molecule has 0 atom stereocenters. The maximum Gasteiger partial charge on any atom is 0.231 e. The van der Waals surface area contributed by atoms with Crippen LogP contribution in [0.4, 0.5) is 5.82 Å². The molecule has 1 aliphatic rings. The predicted molar refractivity (Wildman–Crippen MR) is 55.7 cm³/mol. The monoisotopic (exact) mass is 255 g/mol. The highest BCUT2D eigenvalue weighted by molar-refractivity contribution is 9.10. The van der Waals surface area contributed by atoms with Crippen molar-refractivity contribution in [1.82, 2.24) is 9.97 Å². The van der Waals surface area contributed by atoms with Gasteiger partial charge >= 0.3 is 0 Å². The van der Waals surface area contributed by atoms with Crippen LogP contribution in [0.5, 0.6) is 0 Å². The quantitative estimate of drug-likeness (QED) is 0.880. The predicted octanol–water partition coefficient (Wildman–Crippen LogP) is 1.98. The Labute approximate surface area is 90.3 Å². The van der Waals surface area contributed by atoms with E-state index in [9.17, 15) is 4.79 Å². The van der Waals surface area contributed by atoms with E-state index < -0.39 is 0 Å². The minimum atomic E-state index is -0.172. The number of carbonyl (C=O) groups excluding carboxylic acids is 1. The van der Waals surface area contributed by atoms with E-state index in [0.29, 0.717) is 10.4 Å². The summed E-state index contributed by atoms with van der Waals surface area (Å²) in [6.45, 7) is 1.95. The first kappa shape index (κ1) is 9.58. The Hall–Kier alpha value is -0.970. The first-order chi connectivity index (χ1) is 6.60. The van der Waals surface area contributed by atoms with Crippen molar-refractivity contribution in [2.75, 3.05) is 5.32 Å². The first-order valence-corrected chi connectivity index (χ1v) is 5.18. The molecular weight excluding hydrogens is 246 g/mol. The zero-order chi connectivity index (χ0) is 10.2. The van der Waals surface area contributed by atoms with E-state index in [1.54, 1.807) is 6.20 Å². The van der Waals surface area contributed by atoms with Gasteiger partial charge in [0.2, 0.25) is 5.91 Å². The molecule has 0 unspecified atom stereocenters. The number of aromatic nitrogens is 2. The van der Waals surface area contributed by atoms with E-state index in [4.69, 9.17) is 0 Å². The van der Waals surface area contributed by atoms with E-state index >= 15 is 0 Å². The second kappa shape index (κ2) is 3.31. The number of nitrogens with zero attached hydrogens (tertiary/aromatic N) is 2. The highest BCUT2D eigenvalue weighted by atomic mass is 79.9. The van der Waals surface area contributed by atoms with Crippen molar-refractivity contribution in [3.05, 3.63) is 17.0 Å². The molecule has 0 saturated heterocycles. The Balaban J connectivity index is 2.04. The van der Waals surface area contributed by atoms with Crippen molar-refractivity contribution in [2.24, 2.45) is 5.41 Å². The van der Waals surface area contributed by atoms with Gasteiger partial charge in [0, 0.05) is 5.41 Å². The fourth-order valence-electron chi connectivity index (χ4n) is 1.06. The van der Waals surface area contributed by atoms with Crippen LogP contribution in [0.25, 0.3) is 0 Å². The van der Waals surface area contributed by atoms with Gasteiger partial charge in [-0.15, -0.1) is 0 Å². The molecule has 0 bridgehead atoms. The third-order valence-electron chi connectivity index (χ3n) is 2.41. The summed E-state index contributed by atoms with van der Waals surface area (Å²) in [5.41, 5.74) is -0.172. The molecule has 14 heavy (non-hydrogen) atoms. The fourth-order valence-corrected chi connectivity index (χ4v) is 1.26. The molecule has 1 heterocycles. The third-order valence-corrected chi connectivity index (χ3v) is 2.82. The number of halogens is 1. The summed E-state index contributed by atoms with van der Waals surface area (Å²) in [4.78, 5) is 19.6. The molecule has 1 N–H and O–H groups in total. The second-order valence-corrected chi connectivity index (χ2v) is 4.55. The van der Waals surface area contributed by atoms with Crippen LogP contribution in [0.15, 0.2) is 17.0 Å². The lowest BCUT2D eigenvalue weighted by Gasteiger charge is -2.08. The highest BCUT2D eigenvalue weighted by Crippen LogP contribution is 2.45. The Morgan fingerprint density at radius 3 is 2.71 bits per heavy atom. The number of amides is 1. The average Bonchev–Trinajstić information content (AvgIpc) is 2.89. The topological polar surface area (TPSA) is 54.9 Å². The van der Waals surface area contributed by atoms with E-state index in [0.717, 1.165) is 12.8 Å². The van der Waals surface area contributed by atoms with E-state index in [2.05, 4.69) is 31.2 Å². The van der Waals surface area contributed by atoms with Crippen molar-refractivity contribution in [3.8, 4) is 0 Å².